The summed E-state index contributed by atoms with van der Waals surface area (Å²) in [6.45, 7) is 2.84. The van der Waals surface area contributed by atoms with E-state index in [4.69, 9.17) is 0 Å². The van der Waals surface area contributed by atoms with Crippen LogP contribution in [-0.2, 0) is 6.54 Å². The minimum atomic E-state index is -0.0525. The van der Waals surface area contributed by atoms with Crippen molar-refractivity contribution in [3.05, 3.63) is 40.4 Å². The van der Waals surface area contributed by atoms with Crippen molar-refractivity contribution >= 4 is 22.7 Å². The van der Waals surface area contributed by atoms with E-state index in [-0.39, 0.29) is 5.56 Å². The summed E-state index contributed by atoms with van der Waals surface area (Å²) in [6.07, 6.45) is 3.80. The molecule has 5 heteroatoms. The molecule has 1 aromatic carbocycles. The summed E-state index contributed by atoms with van der Waals surface area (Å²) < 4.78 is 0. The number of thioether (sulfide) groups is 1. The van der Waals surface area contributed by atoms with E-state index in [0.717, 1.165) is 17.1 Å². The third-order valence-electron chi connectivity index (χ3n) is 4.03. The molecule has 0 spiro atoms. The van der Waals surface area contributed by atoms with Crippen molar-refractivity contribution in [3.8, 4) is 0 Å². The number of hydrogen-bond acceptors (Lipinski definition) is 4. The number of fused-ring (bicyclic) bond motifs is 1. The SMILES string of the molecule is CCSC1CCCC1NCc1nc2ccccc2c(=O)[nH]1. The molecule has 1 aromatic heterocycles. The highest BCUT2D eigenvalue weighted by Crippen LogP contribution is 2.29. The van der Waals surface area contributed by atoms with Crippen molar-refractivity contribution in [1.29, 1.82) is 0 Å². The molecule has 1 heterocycles. The molecular weight excluding hydrogens is 282 g/mol. The fourth-order valence-electron chi connectivity index (χ4n) is 3.02. The van der Waals surface area contributed by atoms with Crippen molar-refractivity contribution in [1.82, 2.24) is 15.3 Å². The normalized spacial score (nSPS) is 22.0. The molecule has 0 aliphatic heterocycles. The highest BCUT2D eigenvalue weighted by Gasteiger charge is 2.26. The zero-order valence-corrected chi connectivity index (χ0v) is 13.1. The van der Waals surface area contributed by atoms with E-state index in [9.17, 15) is 4.79 Å². The van der Waals surface area contributed by atoms with Crippen LogP contribution >= 0.6 is 11.8 Å². The van der Waals surface area contributed by atoms with Crippen molar-refractivity contribution in [2.75, 3.05) is 5.75 Å². The van der Waals surface area contributed by atoms with E-state index in [1.54, 1.807) is 0 Å². The highest BCUT2D eigenvalue weighted by molar-refractivity contribution is 7.99. The first kappa shape index (κ1) is 14.6. The van der Waals surface area contributed by atoms with Gasteiger partial charge in [-0.2, -0.15) is 11.8 Å². The van der Waals surface area contributed by atoms with Crippen LogP contribution in [0, 0.1) is 0 Å². The number of nitrogens with zero attached hydrogens (tertiary/aromatic N) is 1. The average molecular weight is 303 g/mol. The minimum absolute atomic E-state index is 0.0525. The summed E-state index contributed by atoms with van der Waals surface area (Å²) in [7, 11) is 0. The van der Waals surface area contributed by atoms with Crippen LogP contribution in [0.3, 0.4) is 0 Å². The summed E-state index contributed by atoms with van der Waals surface area (Å²) in [5.41, 5.74) is 0.715. The van der Waals surface area contributed by atoms with Crippen LogP contribution in [-0.4, -0.2) is 27.0 Å². The van der Waals surface area contributed by atoms with E-state index in [1.165, 1.54) is 19.3 Å². The predicted octanol–water partition coefficient (Wildman–Crippen LogP) is 2.69. The lowest BCUT2D eigenvalue weighted by atomic mass is 10.2. The molecule has 0 saturated heterocycles. The zero-order valence-electron chi connectivity index (χ0n) is 12.3. The summed E-state index contributed by atoms with van der Waals surface area (Å²) in [5.74, 6) is 1.89. The van der Waals surface area contributed by atoms with Crippen molar-refractivity contribution in [3.63, 3.8) is 0 Å². The van der Waals surface area contributed by atoms with Crippen molar-refractivity contribution in [2.24, 2.45) is 0 Å². The second-order valence-corrected chi connectivity index (χ2v) is 6.96. The molecule has 2 aromatic rings. The fraction of sp³-hybridized carbons (Fsp3) is 0.500. The minimum Gasteiger partial charge on any atom is -0.309 e. The summed E-state index contributed by atoms with van der Waals surface area (Å²) >= 11 is 2.03. The topological polar surface area (TPSA) is 57.8 Å². The Bertz CT molecular complexity index is 670. The summed E-state index contributed by atoms with van der Waals surface area (Å²) in [5, 5.41) is 4.92. The van der Waals surface area contributed by atoms with E-state index in [0.29, 0.717) is 23.2 Å². The van der Waals surface area contributed by atoms with Gasteiger partial charge in [-0.25, -0.2) is 4.98 Å². The second kappa shape index (κ2) is 6.62. The van der Waals surface area contributed by atoms with Crippen molar-refractivity contribution in [2.45, 2.75) is 44.0 Å². The van der Waals surface area contributed by atoms with Gasteiger partial charge in [0.25, 0.3) is 5.56 Å². The van der Waals surface area contributed by atoms with Crippen LogP contribution in [0.4, 0.5) is 0 Å². The van der Waals surface area contributed by atoms with Gasteiger partial charge in [0, 0.05) is 11.3 Å². The molecule has 0 radical (unpaired) electrons. The Labute approximate surface area is 128 Å². The van der Waals surface area contributed by atoms with E-state index < -0.39 is 0 Å². The lowest BCUT2D eigenvalue weighted by Crippen LogP contribution is -2.34. The Morgan fingerprint density at radius 1 is 1.38 bits per heavy atom. The van der Waals surface area contributed by atoms with E-state index in [2.05, 4.69) is 22.2 Å². The Kier molecular flexibility index (Phi) is 4.60. The molecule has 2 N–H and O–H groups in total. The Morgan fingerprint density at radius 3 is 3.10 bits per heavy atom. The van der Waals surface area contributed by atoms with Gasteiger partial charge in [-0.15, -0.1) is 0 Å². The Balaban J connectivity index is 1.72. The third kappa shape index (κ3) is 3.30. The molecule has 1 aliphatic rings. The molecule has 0 bridgehead atoms. The number of nitrogens with one attached hydrogen (secondary N) is 2. The summed E-state index contributed by atoms with van der Waals surface area (Å²) in [4.78, 5) is 19.5. The molecule has 1 fully saturated rings. The number of aromatic amines is 1. The second-order valence-electron chi connectivity index (χ2n) is 5.44. The number of hydrogen-bond donors (Lipinski definition) is 2. The first-order valence-corrected chi connectivity index (χ1v) is 8.65. The van der Waals surface area contributed by atoms with Crippen LogP contribution in [0.5, 0.6) is 0 Å². The standard InChI is InChI=1S/C16H21N3OS/c1-2-21-14-9-5-8-13(14)17-10-15-18-12-7-4-3-6-11(12)16(20)19-15/h3-4,6-7,13-14,17H,2,5,8-10H2,1H3,(H,18,19,20). The average Bonchev–Trinajstić information content (AvgIpc) is 2.93. The first-order chi connectivity index (χ1) is 10.3. The monoisotopic (exact) mass is 303 g/mol. The number of H-pyrrole nitrogens is 1. The maximum atomic E-state index is 12.0. The van der Waals surface area contributed by atoms with Gasteiger partial charge >= 0.3 is 0 Å². The van der Waals surface area contributed by atoms with E-state index in [1.807, 2.05) is 36.0 Å². The quantitative estimate of drug-likeness (QED) is 0.891. The van der Waals surface area contributed by atoms with Gasteiger partial charge in [-0.05, 0) is 30.7 Å². The maximum Gasteiger partial charge on any atom is 0.258 e. The van der Waals surface area contributed by atoms with Gasteiger partial charge in [0.1, 0.15) is 5.82 Å². The van der Waals surface area contributed by atoms with Crippen LogP contribution in [0.15, 0.2) is 29.1 Å². The molecule has 4 nitrogen and oxygen atoms in total. The molecule has 21 heavy (non-hydrogen) atoms. The van der Waals surface area contributed by atoms with Gasteiger partial charge < -0.3 is 10.3 Å². The van der Waals surface area contributed by atoms with Gasteiger partial charge in [0.2, 0.25) is 0 Å². The summed E-state index contributed by atoms with van der Waals surface area (Å²) in [6, 6.07) is 8.01. The molecule has 1 aliphatic carbocycles. The third-order valence-corrected chi connectivity index (χ3v) is 5.35. The first-order valence-electron chi connectivity index (χ1n) is 7.61. The molecule has 2 unspecified atom stereocenters. The molecule has 1 saturated carbocycles. The molecule has 112 valence electrons. The van der Waals surface area contributed by atoms with Gasteiger partial charge in [0.05, 0.1) is 17.4 Å². The number of benzene rings is 1. The Hall–Kier alpha value is -1.33. The number of para-hydroxylation sites is 1. The van der Waals surface area contributed by atoms with Crippen molar-refractivity contribution < 1.29 is 0 Å². The van der Waals surface area contributed by atoms with Gasteiger partial charge in [-0.3, -0.25) is 4.79 Å². The fourth-order valence-corrected chi connectivity index (χ4v) is 4.25. The molecular formula is C16H21N3OS. The smallest absolute Gasteiger partial charge is 0.258 e. The van der Waals surface area contributed by atoms with Crippen LogP contribution < -0.4 is 10.9 Å². The van der Waals surface area contributed by atoms with Crippen LogP contribution in [0.25, 0.3) is 10.9 Å². The molecule has 2 atom stereocenters. The lowest BCUT2D eigenvalue weighted by molar-refractivity contribution is 0.521. The Morgan fingerprint density at radius 2 is 2.24 bits per heavy atom. The predicted molar refractivity (Wildman–Crippen MR) is 88.8 cm³/mol. The zero-order chi connectivity index (χ0) is 14.7. The molecule has 3 rings (SSSR count). The largest absolute Gasteiger partial charge is 0.309 e. The number of rotatable bonds is 5. The number of aromatic nitrogens is 2. The maximum absolute atomic E-state index is 12.0. The van der Waals surface area contributed by atoms with Crippen LogP contribution in [0.1, 0.15) is 32.0 Å². The van der Waals surface area contributed by atoms with Gasteiger partial charge in [0.15, 0.2) is 0 Å². The molecule has 0 amide bonds. The lowest BCUT2D eigenvalue weighted by Gasteiger charge is -2.19. The van der Waals surface area contributed by atoms with E-state index >= 15 is 0 Å². The van der Waals surface area contributed by atoms with Gasteiger partial charge in [-0.1, -0.05) is 25.5 Å². The van der Waals surface area contributed by atoms with Crippen LogP contribution in [0.2, 0.25) is 0 Å². The highest BCUT2D eigenvalue weighted by atomic mass is 32.2.